The van der Waals surface area contributed by atoms with E-state index >= 15 is 0 Å². The fraction of sp³-hybridized carbons (Fsp3) is 0.387. The van der Waals surface area contributed by atoms with Gasteiger partial charge in [0.05, 0.1) is 0 Å². The SMILES string of the molecule is CCCCCCc1ccc(C(=O)Nc2cccc(NC(=O)c3ccc(CCCCCC)cc3)n2)cc1. The molecule has 5 nitrogen and oxygen atoms in total. The van der Waals surface area contributed by atoms with Crippen LogP contribution in [0.2, 0.25) is 0 Å². The Morgan fingerprint density at radius 3 is 1.39 bits per heavy atom. The Morgan fingerprint density at radius 2 is 1.00 bits per heavy atom. The number of unbranched alkanes of at least 4 members (excludes halogenated alkanes) is 6. The predicted octanol–water partition coefficient (Wildman–Crippen LogP) is 7.83. The zero-order valence-electron chi connectivity index (χ0n) is 21.7. The first-order valence-electron chi connectivity index (χ1n) is 13.4. The van der Waals surface area contributed by atoms with Crippen molar-refractivity contribution < 1.29 is 9.59 Å². The normalized spacial score (nSPS) is 10.7. The predicted molar refractivity (Wildman–Crippen MR) is 149 cm³/mol. The van der Waals surface area contributed by atoms with Crippen LogP contribution in [-0.2, 0) is 12.8 Å². The Bertz CT molecular complexity index is 1010. The maximum absolute atomic E-state index is 12.7. The van der Waals surface area contributed by atoms with Gasteiger partial charge < -0.3 is 10.6 Å². The molecule has 0 unspecified atom stereocenters. The van der Waals surface area contributed by atoms with Crippen molar-refractivity contribution >= 4 is 23.5 Å². The number of amides is 2. The van der Waals surface area contributed by atoms with Crippen LogP contribution in [0.1, 0.15) is 97.1 Å². The van der Waals surface area contributed by atoms with E-state index in [-0.39, 0.29) is 11.8 Å². The van der Waals surface area contributed by atoms with Gasteiger partial charge in [0.1, 0.15) is 11.6 Å². The lowest BCUT2D eigenvalue weighted by molar-refractivity contribution is 0.101. The van der Waals surface area contributed by atoms with Gasteiger partial charge in [-0.25, -0.2) is 4.98 Å². The number of pyridine rings is 1. The summed E-state index contributed by atoms with van der Waals surface area (Å²) in [5.41, 5.74) is 3.65. The highest BCUT2D eigenvalue weighted by molar-refractivity contribution is 6.05. The lowest BCUT2D eigenvalue weighted by atomic mass is 10.0. The lowest BCUT2D eigenvalue weighted by Gasteiger charge is -2.09. The molecule has 2 aromatic carbocycles. The molecule has 3 rings (SSSR count). The number of rotatable bonds is 14. The first kappa shape index (κ1) is 27.1. The molecule has 0 aliphatic carbocycles. The fourth-order valence-electron chi connectivity index (χ4n) is 4.11. The minimum atomic E-state index is -0.224. The Morgan fingerprint density at radius 1 is 0.583 bits per heavy atom. The molecular formula is C31H39N3O2. The summed E-state index contributed by atoms with van der Waals surface area (Å²) in [6.45, 7) is 4.42. The van der Waals surface area contributed by atoms with Gasteiger partial charge in [-0.1, -0.05) is 82.7 Å². The number of nitrogens with one attached hydrogen (secondary N) is 2. The van der Waals surface area contributed by atoms with Gasteiger partial charge in [-0.05, 0) is 73.2 Å². The number of hydrogen-bond donors (Lipinski definition) is 2. The zero-order chi connectivity index (χ0) is 25.6. The number of nitrogens with zero attached hydrogens (tertiary/aromatic N) is 1. The summed E-state index contributed by atoms with van der Waals surface area (Å²) in [6.07, 6.45) is 11.9. The number of carbonyl (C=O) groups is 2. The molecule has 3 aromatic rings. The monoisotopic (exact) mass is 485 g/mol. The van der Waals surface area contributed by atoms with Gasteiger partial charge in [0.2, 0.25) is 0 Å². The highest BCUT2D eigenvalue weighted by atomic mass is 16.2. The first-order valence-corrected chi connectivity index (χ1v) is 13.4. The smallest absolute Gasteiger partial charge is 0.256 e. The molecule has 0 radical (unpaired) electrons. The van der Waals surface area contributed by atoms with Crippen LogP contribution in [0.25, 0.3) is 0 Å². The molecule has 0 aliphatic rings. The van der Waals surface area contributed by atoms with E-state index in [1.807, 2.05) is 48.5 Å². The van der Waals surface area contributed by atoms with Crippen LogP contribution in [0.4, 0.5) is 11.6 Å². The molecule has 0 spiro atoms. The van der Waals surface area contributed by atoms with E-state index < -0.39 is 0 Å². The van der Waals surface area contributed by atoms with Crippen molar-refractivity contribution in [1.29, 1.82) is 0 Å². The second-order valence-electron chi connectivity index (χ2n) is 9.33. The van der Waals surface area contributed by atoms with Gasteiger partial charge in [0.25, 0.3) is 11.8 Å². The summed E-state index contributed by atoms with van der Waals surface area (Å²) in [5.74, 6) is 0.337. The molecule has 1 aromatic heterocycles. The molecule has 0 bridgehead atoms. The second-order valence-corrected chi connectivity index (χ2v) is 9.33. The molecule has 2 amide bonds. The van der Waals surface area contributed by atoms with Crippen molar-refractivity contribution in [2.75, 3.05) is 10.6 Å². The molecule has 190 valence electrons. The quantitative estimate of drug-likeness (QED) is 0.229. The van der Waals surface area contributed by atoms with Crippen LogP contribution in [0.5, 0.6) is 0 Å². The van der Waals surface area contributed by atoms with Crippen LogP contribution in [0, 0.1) is 0 Å². The third-order valence-corrected chi connectivity index (χ3v) is 6.30. The van der Waals surface area contributed by atoms with E-state index in [9.17, 15) is 9.59 Å². The summed E-state index contributed by atoms with van der Waals surface area (Å²) < 4.78 is 0. The standard InChI is InChI=1S/C31H39N3O2/c1-3-5-7-9-12-24-16-20-26(21-17-24)30(35)33-28-14-11-15-29(32-28)34-31(36)27-22-18-25(19-23-27)13-10-8-6-4-2/h11,14-23H,3-10,12-13H2,1-2H3,(H2,32,33,34,35,36). The Hall–Kier alpha value is -3.47. The molecular weight excluding hydrogens is 446 g/mol. The lowest BCUT2D eigenvalue weighted by Crippen LogP contribution is -2.16. The number of anilines is 2. The summed E-state index contributed by atoms with van der Waals surface area (Å²) >= 11 is 0. The first-order chi connectivity index (χ1) is 17.6. The average molecular weight is 486 g/mol. The van der Waals surface area contributed by atoms with E-state index in [1.165, 1.54) is 62.5 Å². The van der Waals surface area contributed by atoms with E-state index in [4.69, 9.17) is 0 Å². The highest BCUT2D eigenvalue weighted by Crippen LogP contribution is 2.15. The topological polar surface area (TPSA) is 71.1 Å². The number of aromatic nitrogens is 1. The van der Waals surface area contributed by atoms with E-state index in [2.05, 4.69) is 29.5 Å². The van der Waals surface area contributed by atoms with Crippen LogP contribution in [-0.4, -0.2) is 16.8 Å². The molecule has 0 fully saturated rings. The van der Waals surface area contributed by atoms with Gasteiger partial charge in [0, 0.05) is 11.1 Å². The average Bonchev–Trinajstić information content (AvgIpc) is 2.90. The maximum Gasteiger partial charge on any atom is 0.256 e. The van der Waals surface area contributed by atoms with Crippen molar-refractivity contribution in [1.82, 2.24) is 4.98 Å². The van der Waals surface area contributed by atoms with Gasteiger partial charge in [-0.2, -0.15) is 0 Å². The van der Waals surface area contributed by atoms with Gasteiger partial charge in [-0.15, -0.1) is 0 Å². The summed E-state index contributed by atoms with van der Waals surface area (Å²) in [7, 11) is 0. The van der Waals surface area contributed by atoms with Crippen molar-refractivity contribution in [3.05, 3.63) is 89.0 Å². The number of hydrogen-bond acceptors (Lipinski definition) is 3. The minimum Gasteiger partial charge on any atom is -0.306 e. The minimum absolute atomic E-state index is 0.224. The fourth-order valence-corrected chi connectivity index (χ4v) is 4.11. The molecule has 1 heterocycles. The Kier molecular flexibility index (Phi) is 11.2. The zero-order valence-corrected chi connectivity index (χ0v) is 21.7. The molecule has 0 aliphatic heterocycles. The molecule has 36 heavy (non-hydrogen) atoms. The van der Waals surface area contributed by atoms with Gasteiger partial charge in [-0.3, -0.25) is 9.59 Å². The molecule has 5 heteroatoms. The van der Waals surface area contributed by atoms with E-state index in [0.29, 0.717) is 22.8 Å². The Balaban J connectivity index is 1.52. The van der Waals surface area contributed by atoms with Crippen LogP contribution < -0.4 is 10.6 Å². The van der Waals surface area contributed by atoms with Crippen molar-refractivity contribution in [3.8, 4) is 0 Å². The van der Waals surface area contributed by atoms with Crippen LogP contribution in [0.3, 0.4) is 0 Å². The molecule has 0 saturated carbocycles. The van der Waals surface area contributed by atoms with Crippen molar-refractivity contribution in [2.45, 2.75) is 78.1 Å². The van der Waals surface area contributed by atoms with Gasteiger partial charge >= 0.3 is 0 Å². The van der Waals surface area contributed by atoms with E-state index in [0.717, 1.165) is 12.8 Å². The maximum atomic E-state index is 12.7. The number of aryl methyl sites for hydroxylation is 2. The highest BCUT2D eigenvalue weighted by Gasteiger charge is 2.10. The Labute approximate surface area is 215 Å². The third-order valence-electron chi connectivity index (χ3n) is 6.30. The summed E-state index contributed by atoms with van der Waals surface area (Å²) in [6, 6.07) is 20.6. The number of carbonyl (C=O) groups excluding carboxylic acids is 2. The number of benzene rings is 2. The van der Waals surface area contributed by atoms with E-state index in [1.54, 1.807) is 18.2 Å². The van der Waals surface area contributed by atoms with Crippen molar-refractivity contribution in [2.24, 2.45) is 0 Å². The van der Waals surface area contributed by atoms with Crippen molar-refractivity contribution in [3.63, 3.8) is 0 Å². The largest absolute Gasteiger partial charge is 0.306 e. The second kappa shape index (κ2) is 14.8. The summed E-state index contributed by atoms with van der Waals surface area (Å²) in [4.78, 5) is 29.8. The molecule has 2 N–H and O–H groups in total. The van der Waals surface area contributed by atoms with Crippen LogP contribution in [0.15, 0.2) is 66.7 Å². The molecule has 0 saturated heterocycles. The summed E-state index contributed by atoms with van der Waals surface area (Å²) in [5, 5.41) is 5.65. The third kappa shape index (κ3) is 8.95. The van der Waals surface area contributed by atoms with Crippen LogP contribution >= 0.6 is 0 Å². The van der Waals surface area contributed by atoms with Gasteiger partial charge in [0.15, 0.2) is 0 Å². The molecule has 0 atom stereocenters.